The fraction of sp³-hybridized carbons (Fsp3) is 0. The van der Waals surface area contributed by atoms with E-state index >= 15 is 0 Å². The van der Waals surface area contributed by atoms with E-state index in [2.05, 4.69) is 9.13 Å². The monoisotopic (exact) mass is 570 g/mol. The van der Waals surface area contributed by atoms with E-state index in [0.717, 1.165) is 55.0 Å². The van der Waals surface area contributed by atoms with Crippen LogP contribution in [0.3, 0.4) is 0 Å². The molecule has 0 bridgehead atoms. The largest absolute Gasteiger partial charge is 0.309 e. The van der Waals surface area contributed by atoms with Crippen LogP contribution in [0.2, 0.25) is 0 Å². The fourth-order valence-corrected chi connectivity index (χ4v) is 6.54. The molecule has 2 heterocycles. The summed E-state index contributed by atoms with van der Waals surface area (Å²) in [5, 5.41) is 3.08. The van der Waals surface area contributed by atoms with Crippen molar-refractivity contribution in [3.8, 4) is 33.6 Å². The van der Waals surface area contributed by atoms with Gasteiger partial charge in [-0.1, -0.05) is 121 Å². The predicted octanol–water partition coefficient (Wildman–Crippen LogP) is 11.2. The Morgan fingerprint density at radius 2 is 0.909 bits per heavy atom. The maximum Gasteiger partial charge on any atom is 0.0629 e. The summed E-state index contributed by atoms with van der Waals surface area (Å²) in [4.78, 5) is 0. The van der Waals surface area contributed by atoms with Gasteiger partial charge in [0.25, 0.3) is 0 Å². The Kier molecular flexibility index (Phi) is 3.74. The third-order valence-corrected chi connectivity index (χ3v) is 8.28. The second-order valence-electron chi connectivity index (χ2n) is 10.6. The van der Waals surface area contributed by atoms with Crippen molar-refractivity contribution in [1.29, 1.82) is 0 Å². The van der Waals surface area contributed by atoms with Crippen LogP contribution in [0.15, 0.2) is 170 Å². The predicted molar refractivity (Wildman–Crippen MR) is 186 cm³/mol. The number of benzene rings is 7. The Morgan fingerprint density at radius 3 is 1.57 bits per heavy atom. The van der Waals surface area contributed by atoms with E-state index in [1.807, 2.05) is 97.1 Å². The molecule has 0 amide bonds. The van der Waals surface area contributed by atoms with Gasteiger partial charge >= 0.3 is 0 Å². The topological polar surface area (TPSA) is 9.86 Å². The molecular formula is C42H28N2. The van der Waals surface area contributed by atoms with Gasteiger partial charge in [0, 0.05) is 32.9 Å². The molecule has 7 aromatic carbocycles. The first kappa shape index (κ1) is 16.7. The molecule has 2 heteroatoms. The van der Waals surface area contributed by atoms with Gasteiger partial charge in [-0.25, -0.2) is 0 Å². The van der Waals surface area contributed by atoms with Gasteiger partial charge in [-0.3, -0.25) is 0 Å². The number of hydrogen-bond acceptors (Lipinski definition) is 0. The maximum absolute atomic E-state index is 8.88. The second kappa shape index (κ2) is 9.86. The van der Waals surface area contributed by atoms with Crippen LogP contribution in [0.4, 0.5) is 0 Å². The minimum Gasteiger partial charge on any atom is -0.309 e. The molecule has 2 nitrogen and oxygen atoms in total. The van der Waals surface area contributed by atoms with Crippen molar-refractivity contribution in [2.24, 2.45) is 0 Å². The van der Waals surface area contributed by atoms with Crippen LogP contribution < -0.4 is 0 Å². The van der Waals surface area contributed by atoms with Crippen LogP contribution in [0.5, 0.6) is 0 Å². The lowest BCUT2D eigenvalue weighted by Crippen LogP contribution is -1.95. The molecule has 9 rings (SSSR count). The van der Waals surface area contributed by atoms with Crippen molar-refractivity contribution in [2.75, 3.05) is 0 Å². The van der Waals surface area contributed by atoms with Gasteiger partial charge in [0.2, 0.25) is 0 Å². The van der Waals surface area contributed by atoms with Crippen LogP contribution >= 0.6 is 0 Å². The molecule has 9 aromatic rings. The van der Waals surface area contributed by atoms with E-state index in [9.17, 15) is 0 Å². The molecule has 0 fully saturated rings. The molecule has 0 aliphatic carbocycles. The molecule has 0 atom stereocenters. The number of hydrogen-bond donors (Lipinski definition) is 0. The van der Waals surface area contributed by atoms with Gasteiger partial charge in [0.05, 0.1) is 35.8 Å². The summed E-state index contributed by atoms with van der Waals surface area (Å²) in [6.07, 6.45) is 0. The van der Waals surface area contributed by atoms with Gasteiger partial charge in [-0.15, -0.1) is 0 Å². The highest BCUT2D eigenvalue weighted by Crippen LogP contribution is 2.42. The SMILES string of the molecule is [2H]c1c([2H])c([2H])c(-c2cccc3c2c2ccccc2n3-c2ccc3c(c2)c2c(-c4c([2H])c([2H])c([2H])c([2H])c4[2H])cccc2n3-c2ccccc2)c([2H])c1[2H]. The van der Waals surface area contributed by atoms with Crippen molar-refractivity contribution in [3.63, 3.8) is 0 Å². The summed E-state index contributed by atoms with van der Waals surface area (Å²) >= 11 is 0. The van der Waals surface area contributed by atoms with E-state index in [0.29, 0.717) is 11.1 Å². The van der Waals surface area contributed by atoms with Crippen molar-refractivity contribution in [2.45, 2.75) is 0 Å². The Labute approximate surface area is 269 Å². The van der Waals surface area contributed by atoms with Crippen LogP contribution in [0.1, 0.15) is 13.7 Å². The Balaban J connectivity index is 1.41. The molecule has 0 saturated heterocycles. The molecule has 0 aliphatic rings. The molecular weight excluding hydrogens is 532 g/mol. The zero-order valence-corrected chi connectivity index (χ0v) is 23.3. The van der Waals surface area contributed by atoms with Gasteiger partial charge in [0.15, 0.2) is 0 Å². The van der Waals surface area contributed by atoms with E-state index in [1.54, 1.807) is 12.1 Å². The van der Waals surface area contributed by atoms with Gasteiger partial charge in [-0.2, -0.15) is 0 Å². The Bertz CT molecular complexity index is 3000. The lowest BCUT2D eigenvalue weighted by atomic mass is 9.99. The van der Waals surface area contributed by atoms with E-state index in [4.69, 9.17) is 13.7 Å². The molecule has 0 N–H and O–H groups in total. The minimum absolute atomic E-state index is 0.115. The van der Waals surface area contributed by atoms with Gasteiger partial charge in [0.1, 0.15) is 0 Å². The molecule has 0 unspecified atom stereocenters. The number of rotatable bonds is 4. The first-order valence-corrected chi connectivity index (χ1v) is 14.3. The normalized spacial score (nSPS) is 14.8. The Hall–Kier alpha value is -5.86. The zero-order chi connectivity index (χ0) is 37.7. The first-order chi connectivity index (χ1) is 26.0. The number of fused-ring (bicyclic) bond motifs is 6. The third-order valence-electron chi connectivity index (χ3n) is 8.28. The summed E-state index contributed by atoms with van der Waals surface area (Å²) in [6, 6.07) is 31.2. The molecule has 0 aliphatic heterocycles. The standard InChI is InChI=1S/C42H28N2/c1-4-14-29(15-5-1)33-21-12-24-39-41(33)35-20-10-11-23-37(35)44(39)32-26-27-38-36(28-32)42-34(30-16-6-2-7-17-30)22-13-25-40(42)43(38)31-18-8-3-9-19-31/h1-28H/i1D,2D,4D,5D,6D,7D,14D,15D,16D,17D. The van der Waals surface area contributed by atoms with Crippen LogP contribution in [0.25, 0.3) is 77.2 Å². The zero-order valence-electron chi connectivity index (χ0n) is 33.3. The minimum atomic E-state index is -0.454. The number of aromatic nitrogens is 2. The highest BCUT2D eigenvalue weighted by molar-refractivity contribution is 6.18. The van der Waals surface area contributed by atoms with E-state index in [1.165, 1.54) is 0 Å². The van der Waals surface area contributed by atoms with E-state index in [-0.39, 0.29) is 35.3 Å². The van der Waals surface area contributed by atoms with E-state index < -0.39 is 36.3 Å². The van der Waals surface area contributed by atoms with Crippen LogP contribution in [0, 0.1) is 0 Å². The third kappa shape index (κ3) is 3.68. The highest BCUT2D eigenvalue weighted by Gasteiger charge is 2.19. The Morgan fingerprint density at radius 1 is 0.386 bits per heavy atom. The first-order valence-electron chi connectivity index (χ1n) is 19.3. The van der Waals surface area contributed by atoms with Crippen molar-refractivity contribution in [1.82, 2.24) is 9.13 Å². The molecule has 0 saturated carbocycles. The lowest BCUT2D eigenvalue weighted by molar-refractivity contribution is 1.17. The summed E-state index contributed by atoms with van der Waals surface area (Å²) < 4.78 is 89.5. The molecule has 2 aromatic heterocycles. The number of para-hydroxylation sites is 2. The molecule has 206 valence electrons. The lowest BCUT2D eigenvalue weighted by Gasteiger charge is -2.11. The van der Waals surface area contributed by atoms with Crippen LogP contribution in [-0.4, -0.2) is 9.13 Å². The highest BCUT2D eigenvalue weighted by atomic mass is 15.0. The van der Waals surface area contributed by atoms with Gasteiger partial charge < -0.3 is 9.13 Å². The average molecular weight is 571 g/mol. The summed E-state index contributed by atoms with van der Waals surface area (Å²) in [5.41, 5.74) is 6.17. The quantitative estimate of drug-likeness (QED) is 0.199. The second-order valence-corrected chi connectivity index (χ2v) is 10.6. The van der Waals surface area contributed by atoms with Crippen molar-refractivity contribution < 1.29 is 13.7 Å². The summed E-state index contributed by atoms with van der Waals surface area (Å²) in [6.45, 7) is 0. The molecule has 44 heavy (non-hydrogen) atoms. The fourth-order valence-electron chi connectivity index (χ4n) is 6.54. The number of nitrogens with zero attached hydrogens (tertiary/aromatic N) is 2. The van der Waals surface area contributed by atoms with Crippen molar-refractivity contribution in [3.05, 3.63) is 170 Å². The maximum atomic E-state index is 8.88. The summed E-state index contributed by atoms with van der Waals surface area (Å²) in [5.74, 6) is 0. The van der Waals surface area contributed by atoms with Crippen LogP contribution in [-0.2, 0) is 0 Å². The average Bonchev–Trinajstić information content (AvgIpc) is 3.71. The summed E-state index contributed by atoms with van der Waals surface area (Å²) in [7, 11) is 0. The molecule has 0 radical (unpaired) electrons. The van der Waals surface area contributed by atoms with Gasteiger partial charge in [-0.05, 0) is 70.8 Å². The smallest absolute Gasteiger partial charge is 0.0629 e. The van der Waals surface area contributed by atoms with Crippen molar-refractivity contribution >= 4 is 43.6 Å². The molecule has 0 spiro atoms.